The van der Waals surface area contributed by atoms with Crippen molar-refractivity contribution in [2.45, 2.75) is 79.4 Å². The van der Waals surface area contributed by atoms with Gasteiger partial charge in [-0.3, -0.25) is 9.59 Å². The van der Waals surface area contributed by atoms with Crippen LogP contribution in [-0.2, 0) is 19.1 Å². The zero-order valence-corrected chi connectivity index (χ0v) is 14.8. The lowest BCUT2D eigenvalue weighted by Crippen LogP contribution is -2.60. The summed E-state index contributed by atoms with van der Waals surface area (Å²) in [6.45, 7) is 11.8. The Bertz CT molecular complexity index is 456. The fraction of sp³-hybridized carbons (Fsp3) is 0.889. The third-order valence-electron chi connectivity index (χ3n) is 5.85. The summed E-state index contributed by atoms with van der Waals surface area (Å²) in [6, 6.07) is 0. The summed E-state index contributed by atoms with van der Waals surface area (Å²) in [7, 11) is 0. The molecule has 0 radical (unpaired) electrons. The topological polar surface area (TPSA) is 52.6 Å². The second kappa shape index (κ2) is 5.86. The maximum Gasteiger partial charge on any atom is 0.303 e. The molecule has 2 fully saturated rings. The highest BCUT2D eigenvalue weighted by molar-refractivity contribution is 5.67. The maximum absolute atomic E-state index is 11.6. The molecule has 4 heteroatoms. The Balaban J connectivity index is 2.36. The van der Waals surface area contributed by atoms with Crippen molar-refractivity contribution >= 4 is 11.9 Å². The van der Waals surface area contributed by atoms with Gasteiger partial charge in [0, 0.05) is 19.3 Å². The van der Waals surface area contributed by atoms with Crippen LogP contribution in [0.1, 0.15) is 67.2 Å². The molecule has 0 aromatic heterocycles. The van der Waals surface area contributed by atoms with Gasteiger partial charge in [-0.25, -0.2) is 0 Å². The Morgan fingerprint density at radius 3 is 2.09 bits per heavy atom. The van der Waals surface area contributed by atoms with Gasteiger partial charge in [0.2, 0.25) is 0 Å². The predicted molar refractivity (Wildman–Crippen MR) is 84.1 cm³/mol. The first-order chi connectivity index (χ1) is 10.1. The molecule has 0 aromatic rings. The zero-order chi connectivity index (χ0) is 16.7. The van der Waals surface area contributed by atoms with Crippen molar-refractivity contribution in [3.63, 3.8) is 0 Å². The van der Waals surface area contributed by atoms with E-state index in [2.05, 4.69) is 27.7 Å². The molecule has 0 heterocycles. The normalized spacial score (nSPS) is 40.5. The molecule has 0 aromatic carbocycles. The molecule has 0 saturated heterocycles. The maximum atomic E-state index is 11.6. The molecule has 0 aliphatic heterocycles. The van der Waals surface area contributed by atoms with Gasteiger partial charge in [-0.2, -0.15) is 0 Å². The first kappa shape index (κ1) is 17.3. The van der Waals surface area contributed by atoms with Crippen molar-refractivity contribution in [3.8, 4) is 0 Å². The van der Waals surface area contributed by atoms with Gasteiger partial charge in [0.15, 0.2) is 0 Å². The van der Waals surface area contributed by atoms with Crippen LogP contribution in [0, 0.1) is 22.7 Å². The third kappa shape index (κ3) is 3.16. The van der Waals surface area contributed by atoms with Gasteiger partial charge in [-0.15, -0.1) is 0 Å². The molecular formula is C18H30O4. The summed E-state index contributed by atoms with van der Waals surface area (Å²) in [5.74, 6) is 0.569. The van der Waals surface area contributed by atoms with Gasteiger partial charge in [0.25, 0.3) is 0 Å². The van der Waals surface area contributed by atoms with E-state index < -0.39 is 0 Å². The Labute approximate surface area is 133 Å². The molecule has 22 heavy (non-hydrogen) atoms. The van der Waals surface area contributed by atoms with Crippen LogP contribution in [-0.4, -0.2) is 24.1 Å². The highest BCUT2D eigenvalue weighted by atomic mass is 16.6. The van der Waals surface area contributed by atoms with E-state index in [1.165, 1.54) is 20.3 Å². The predicted octanol–water partition coefficient (Wildman–Crippen LogP) is 3.72. The monoisotopic (exact) mass is 310 g/mol. The number of hydrogen-bond acceptors (Lipinski definition) is 4. The largest absolute Gasteiger partial charge is 0.459 e. The van der Waals surface area contributed by atoms with Crippen LogP contribution in [0.5, 0.6) is 0 Å². The Morgan fingerprint density at radius 2 is 1.55 bits per heavy atom. The van der Waals surface area contributed by atoms with Crippen molar-refractivity contribution in [2.75, 3.05) is 0 Å². The van der Waals surface area contributed by atoms with E-state index in [4.69, 9.17) is 9.47 Å². The van der Waals surface area contributed by atoms with Crippen LogP contribution in [0.25, 0.3) is 0 Å². The SMILES string of the molecule is CC(=O)OC1CC2(C)CC(C)CCC2C(C)(C)C1OC(C)=O. The van der Waals surface area contributed by atoms with Crippen LogP contribution in [0.2, 0.25) is 0 Å². The molecule has 5 atom stereocenters. The van der Waals surface area contributed by atoms with Crippen molar-refractivity contribution in [1.82, 2.24) is 0 Å². The molecule has 0 spiro atoms. The van der Waals surface area contributed by atoms with Gasteiger partial charge in [-0.1, -0.05) is 34.1 Å². The van der Waals surface area contributed by atoms with E-state index in [0.717, 1.165) is 19.3 Å². The molecule has 4 nitrogen and oxygen atoms in total. The first-order valence-corrected chi connectivity index (χ1v) is 8.40. The first-order valence-electron chi connectivity index (χ1n) is 8.40. The molecule has 0 bridgehead atoms. The van der Waals surface area contributed by atoms with Crippen LogP contribution in [0.3, 0.4) is 0 Å². The van der Waals surface area contributed by atoms with Crippen molar-refractivity contribution < 1.29 is 19.1 Å². The number of carbonyl (C=O) groups is 2. The summed E-state index contributed by atoms with van der Waals surface area (Å²) in [6.07, 6.45) is 3.58. The van der Waals surface area contributed by atoms with E-state index in [0.29, 0.717) is 11.8 Å². The average molecular weight is 310 g/mol. The van der Waals surface area contributed by atoms with Crippen LogP contribution >= 0.6 is 0 Å². The summed E-state index contributed by atoms with van der Waals surface area (Å²) >= 11 is 0. The molecule has 0 N–H and O–H groups in total. The lowest BCUT2D eigenvalue weighted by atomic mass is 9.49. The van der Waals surface area contributed by atoms with E-state index in [9.17, 15) is 9.59 Å². The zero-order valence-electron chi connectivity index (χ0n) is 14.8. The van der Waals surface area contributed by atoms with Gasteiger partial charge in [0.05, 0.1) is 0 Å². The van der Waals surface area contributed by atoms with Crippen LogP contribution in [0.4, 0.5) is 0 Å². The number of fused-ring (bicyclic) bond motifs is 1. The van der Waals surface area contributed by atoms with Gasteiger partial charge in [0.1, 0.15) is 12.2 Å². The average Bonchev–Trinajstić information content (AvgIpc) is 2.31. The fourth-order valence-corrected chi connectivity index (χ4v) is 5.30. The van der Waals surface area contributed by atoms with Gasteiger partial charge < -0.3 is 9.47 Å². The highest BCUT2D eigenvalue weighted by Crippen LogP contribution is 2.59. The van der Waals surface area contributed by atoms with Gasteiger partial charge >= 0.3 is 11.9 Å². The lowest BCUT2D eigenvalue weighted by Gasteiger charge is -2.59. The number of esters is 2. The number of ether oxygens (including phenoxy) is 2. The molecule has 126 valence electrons. The van der Waals surface area contributed by atoms with Crippen LogP contribution in [0.15, 0.2) is 0 Å². The minimum Gasteiger partial charge on any atom is -0.459 e. The number of carbonyl (C=O) groups excluding carboxylic acids is 2. The minimum absolute atomic E-state index is 0.137. The third-order valence-corrected chi connectivity index (χ3v) is 5.85. The Hall–Kier alpha value is -1.06. The second-order valence-corrected chi connectivity index (χ2v) is 8.30. The molecular weight excluding hydrogens is 280 g/mol. The molecule has 2 aliphatic rings. The van der Waals surface area contributed by atoms with Crippen LogP contribution < -0.4 is 0 Å². The molecule has 2 saturated carbocycles. The quantitative estimate of drug-likeness (QED) is 0.729. The Kier molecular flexibility index (Phi) is 4.61. The van der Waals surface area contributed by atoms with Gasteiger partial charge in [-0.05, 0) is 36.5 Å². The summed E-state index contributed by atoms with van der Waals surface area (Å²) in [5, 5.41) is 0. The van der Waals surface area contributed by atoms with E-state index in [1.807, 2.05) is 0 Å². The Morgan fingerprint density at radius 1 is 0.955 bits per heavy atom. The second-order valence-electron chi connectivity index (χ2n) is 8.30. The van der Waals surface area contributed by atoms with E-state index in [-0.39, 0.29) is 35.0 Å². The lowest BCUT2D eigenvalue weighted by molar-refractivity contribution is -0.212. The fourth-order valence-electron chi connectivity index (χ4n) is 5.30. The summed E-state index contributed by atoms with van der Waals surface area (Å²) in [4.78, 5) is 23.1. The minimum atomic E-state index is -0.361. The highest BCUT2D eigenvalue weighted by Gasteiger charge is 2.58. The molecule has 2 rings (SSSR count). The molecule has 0 amide bonds. The molecule has 2 aliphatic carbocycles. The van der Waals surface area contributed by atoms with Crippen molar-refractivity contribution in [2.24, 2.45) is 22.7 Å². The summed E-state index contributed by atoms with van der Waals surface area (Å²) < 4.78 is 11.2. The summed E-state index contributed by atoms with van der Waals surface area (Å²) in [5.41, 5.74) is -0.0587. The number of rotatable bonds is 2. The molecule has 5 unspecified atom stereocenters. The number of hydrogen-bond donors (Lipinski definition) is 0. The van der Waals surface area contributed by atoms with Crippen molar-refractivity contribution in [3.05, 3.63) is 0 Å². The van der Waals surface area contributed by atoms with E-state index >= 15 is 0 Å². The standard InChI is InChI=1S/C18H30O4/c1-11-7-8-15-17(4,5)16(22-13(3)20)14(21-12(2)19)10-18(15,6)9-11/h11,14-16H,7-10H2,1-6H3. The van der Waals surface area contributed by atoms with Crippen molar-refractivity contribution in [1.29, 1.82) is 0 Å². The smallest absolute Gasteiger partial charge is 0.303 e. The van der Waals surface area contributed by atoms with E-state index in [1.54, 1.807) is 0 Å².